The van der Waals surface area contributed by atoms with E-state index in [9.17, 15) is 46.0 Å². The maximum atomic E-state index is 10.4. The molecule has 0 aliphatic carbocycles. The summed E-state index contributed by atoms with van der Waals surface area (Å²) >= 11 is 0. The molecule has 1 rings (SSSR count). The van der Waals surface area contributed by atoms with Crippen LogP contribution >= 0.6 is 0 Å². The first-order chi connectivity index (χ1) is 44.8. The van der Waals surface area contributed by atoms with Crippen LogP contribution in [0.25, 0.3) is 0 Å². The number of hydrogen-bond donors (Lipinski definition) is 9. The van der Waals surface area contributed by atoms with Gasteiger partial charge in [-0.25, -0.2) is 0 Å². The van der Waals surface area contributed by atoms with Crippen LogP contribution in [-0.2, 0) is 94.7 Å². The van der Waals surface area contributed by atoms with E-state index < -0.39 is 165 Å². The highest BCUT2D eigenvalue weighted by Crippen LogP contribution is 2.34. The Morgan fingerprint density at radius 1 is 0.242 bits per heavy atom. The van der Waals surface area contributed by atoms with Gasteiger partial charge in [0.25, 0.3) is 0 Å². The van der Waals surface area contributed by atoms with Crippen LogP contribution in [0.15, 0.2) is 0 Å². The molecule has 27 atom stereocenters. The second-order valence-corrected chi connectivity index (χ2v) is 26.1. The Balaban J connectivity index is 4.80. The molecule has 9 N–H and O–H groups in total. The first kappa shape index (κ1) is 91.9. The molecule has 1 fully saturated rings. The van der Waals surface area contributed by atoms with Crippen LogP contribution in [0.4, 0.5) is 0 Å². The molecule has 0 aromatic carbocycles. The molecule has 1 saturated heterocycles. The minimum Gasteiger partial charge on any atom is -0.391 e. The molecule has 0 bridgehead atoms. The zero-order valence-corrected chi connectivity index (χ0v) is 60.6. The SMILES string of the molecule is CC(O)COC(C)COC[C@H](OCC(C)OCC(C)O)[C@@H](OCC(C)OCC(C)O)[C@H](O[C@@H]1O[C@H](COCC(C)OCC(C)O)[C@H](OCC(C)OCC(C)O)[C@H](OCC(C)OCC(C)O)[C@H]1OCC(C)OCC(C)O)[C@@H](COCC(C)OCC(C)O)OCC(C)OCC(C)O. The fourth-order valence-electron chi connectivity index (χ4n) is 8.83. The molecule has 0 radical (unpaired) electrons. The third kappa shape index (κ3) is 46.9. The summed E-state index contributed by atoms with van der Waals surface area (Å²) in [5.74, 6) is 0. The number of aliphatic hydroxyl groups is 9. The van der Waals surface area contributed by atoms with Gasteiger partial charge in [-0.1, -0.05) is 0 Å². The van der Waals surface area contributed by atoms with Crippen LogP contribution in [0.1, 0.15) is 125 Å². The Kier molecular flexibility index (Phi) is 51.8. The van der Waals surface area contributed by atoms with E-state index in [0.29, 0.717) is 0 Å². The fraction of sp³-hybridized carbons (Fsp3) is 1.00. The van der Waals surface area contributed by atoms with Crippen LogP contribution < -0.4 is 0 Å². The molecular formula is C66H132O29. The number of aliphatic hydroxyl groups excluding tert-OH is 9. The zero-order chi connectivity index (χ0) is 71.6. The van der Waals surface area contributed by atoms with Gasteiger partial charge in [-0.2, -0.15) is 0 Å². The maximum Gasteiger partial charge on any atom is 0.187 e. The fourth-order valence-corrected chi connectivity index (χ4v) is 8.83. The summed E-state index contributed by atoms with van der Waals surface area (Å²) in [6, 6.07) is 0. The lowest BCUT2D eigenvalue weighted by atomic mass is 9.97. The highest BCUT2D eigenvalue weighted by Gasteiger charge is 2.52. The summed E-state index contributed by atoms with van der Waals surface area (Å²) in [4.78, 5) is 0. The summed E-state index contributed by atoms with van der Waals surface area (Å²) in [5.41, 5.74) is 0. The van der Waals surface area contributed by atoms with E-state index in [1.54, 1.807) is 125 Å². The van der Waals surface area contributed by atoms with E-state index in [-0.39, 0.29) is 139 Å². The normalized spacial score (nSPS) is 24.3. The van der Waals surface area contributed by atoms with Gasteiger partial charge in [0.15, 0.2) is 6.29 Å². The zero-order valence-electron chi connectivity index (χ0n) is 60.6. The van der Waals surface area contributed by atoms with Gasteiger partial charge in [-0.15, -0.1) is 0 Å². The standard InChI is InChI=1S/C66H132O29/c1-40(67)19-79-49(10)28-76-37-58(88-31-52(13)82-22-43(4)70)61(90-33-54(15)84-24-45(6)72)63(59(89-32-53(14)83-23-44(5)71)38-77-29-50(11)80-20-41(2)68)95-66-65(93-36-57(18)87-27-48(9)75)64(92-35-56(17)86-26-47(8)74)62(91-34-55(16)85-25-46(7)73)60(94-66)39-78-30-51(12)81-21-42(3)69/h40-75H,19-39H2,1-18H3/t40?,41?,42?,43?,44?,45?,46?,47?,48?,49?,50?,51?,52?,53?,54?,55?,56?,57?,58-,59+,60+,61+,62-,63+,64-,65+,66-/m0/s1. The number of rotatable bonds is 62. The van der Waals surface area contributed by atoms with E-state index in [0.717, 1.165) is 0 Å². The highest BCUT2D eigenvalue weighted by molar-refractivity contribution is 4.96. The monoisotopic (exact) mass is 1390 g/mol. The predicted octanol–water partition coefficient (Wildman–Crippen LogP) is 1.53. The van der Waals surface area contributed by atoms with Gasteiger partial charge < -0.3 is 141 Å². The van der Waals surface area contributed by atoms with Gasteiger partial charge in [0.1, 0.15) is 48.8 Å². The maximum absolute atomic E-state index is 10.4. The van der Waals surface area contributed by atoms with Crippen molar-refractivity contribution in [2.75, 3.05) is 139 Å². The van der Waals surface area contributed by atoms with Crippen molar-refractivity contribution >= 4 is 0 Å². The summed E-state index contributed by atoms with van der Waals surface area (Å²) < 4.78 is 130. The first-order valence-corrected chi connectivity index (χ1v) is 34.2. The van der Waals surface area contributed by atoms with E-state index in [4.69, 9.17) is 94.7 Å². The van der Waals surface area contributed by atoms with Crippen LogP contribution in [0.2, 0.25) is 0 Å². The van der Waals surface area contributed by atoms with Crippen molar-refractivity contribution in [2.45, 2.75) is 290 Å². The second kappa shape index (κ2) is 53.6. The average Bonchev–Trinajstić information content (AvgIpc) is 0.830. The molecule has 0 amide bonds. The molecule has 0 aromatic heterocycles. The number of hydrogen-bond acceptors (Lipinski definition) is 29. The topological polar surface area (TPSA) is 367 Å². The predicted molar refractivity (Wildman–Crippen MR) is 348 cm³/mol. The molecule has 1 heterocycles. The van der Waals surface area contributed by atoms with E-state index in [2.05, 4.69) is 0 Å². The molecular weight excluding hydrogens is 1260 g/mol. The largest absolute Gasteiger partial charge is 0.391 e. The van der Waals surface area contributed by atoms with Crippen molar-refractivity contribution in [3.63, 3.8) is 0 Å². The molecule has 0 spiro atoms. The number of ether oxygens (including phenoxy) is 20. The van der Waals surface area contributed by atoms with Gasteiger partial charge in [0.2, 0.25) is 0 Å². The Hall–Kier alpha value is -1.16. The third-order valence-electron chi connectivity index (χ3n) is 13.6. The van der Waals surface area contributed by atoms with Crippen molar-refractivity contribution in [3.8, 4) is 0 Å². The molecule has 0 saturated carbocycles. The lowest BCUT2D eigenvalue weighted by molar-refractivity contribution is -0.352. The van der Waals surface area contributed by atoms with Gasteiger partial charge in [-0.05, 0) is 125 Å². The molecule has 95 heavy (non-hydrogen) atoms. The van der Waals surface area contributed by atoms with Crippen molar-refractivity contribution in [3.05, 3.63) is 0 Å². The van der Waals surface area contributed by atoms with Crippen molar-refractivity contribution in [2.24, 2.45) is 0 Å². The lowest BCUT2D eigenvalue weighted by Gasteiger charge is -2.48. The molecule has 1 aliphatic heterocycles. The van der Waals surface area contributed by atoms with Crippen LogP contribution in [-0.4, -0.2) is 350 Å². The molecule has 18 unspecified atom stereocenters. The second-order valence-electron chi connectivity index (χ2n) is 26.1. The Bertz CT molecular complexity index is 1760. The van der Waals surface area contributed by atoms with E-state index in [1.165, 1.54) is 0 Å². The summed E-state index contributed by atoms with van der Waals surface area (Å²) in [6.07, 6.45) is -23.7. The lowest BCUT2D eigenvalue weighted by Crippen LogP contribution is -2.65. The highest BCUT2D eigenvalue weighted by atomic mass is 16.7. The van der Waals surface area contributed by atoms with E-state index >= 15 is 0 Å². The van der Waals surface area contributed by atoms with Crippen LogP contribution in [0.5, 0.6) is 0 Å². The van der Waals surface area contributed by atoms with E-state index in [1.807, 2.05) is 0 Å². The molecule has 0 aromatic rings. The quantitative estimate of drug-likeness (QED) is 0.0417. The first-order valence-electron chi connectivity index (χ1n) is 34.2. The van der Waals surface area contributed by atoms with Gasteiger partial charge in [0, 0.05) is 0 Å². The van der Waals surface area contributed by atoms with Crippen LogP contribution in [0, 0.1) is 0 Å². The average molecular weight is 1390 g/mol. The Morgan fingerprint density at radius 2 is 0.495 bits per heavy atom. The van der Waals surface area contributed by atoms with Crippen molar-refractivity contribution < 1.29 is 141 Å². The molecule has 1 aliphatic rings. The van der Waals surface area contributed by atoms with Gasteiger partial charge >= 0.3 is 0 Å². The molecule has 29 nitrogen and oxygen atoms in total. The third-order valence-corrected chi connectivity index (χ3v) is 13.6. The smallest absolute Gasteiger partial charge is 0.187 e. The minimum absolute atomic E-state index is 0.00693. The van der Waals surface area contributed by atoms with Crippen LogP contribution in [0.3, 0.4) is 0 Å². The molecule has 570 valence electrons. The van der Waals surface area contributed by atoms with Crippen molar-refractivity contribution in [1.29, 1.82) is 0 Å². The Morgan fingerprint density at radius 3 is 0.811 bits per heavy atom. The summed E-state index contributed by atoms with van der Waals surface area (Å²) in [6.45, 7) is 29.2. The molecule has 29 heteroatoms. The summed E-state index contributed by atoms with van der Waals surface area (Å²) in [7, 11) is 0. The summed E-state index contributed by atoms with van der Waals surface area (Å²) in [5, 5.41) is 92.1. The van der Waals surface area contributed by atoms with Crippen molar-refractivity contribution in [1.82, 2.24) is 0 Å². The van der Waals surface area contributed by atoms with Gasteiger partial charge in [0.05, 0.1) is 249 Å². The minimum atomic E-state index is -1.54. The van der Waals surface area contributed by atoms with Gasteiger partial charge in [-0.3, -0.25) is 0 Å². The Labute approximate surface area is 567 Å².